The molecule has 1 aliphatic carbocycles. The van der Waals surface area contributed by atoms with Gasteiger partial charge < -0.3 is 9.63 Å². The van der Waals surface area contributed by atoms with E-state index in [0.717, 1.165) is 41.0 Å². The highest BCUT2D eigenvalue weighted by Gasteiger charge is 2.29. The van der Waals surface area contributed by atoms with E-state index >= 15 is 0 Å². The minimum atomic E-state index is 0.349. The highest BCUT2D eigenvalue weighted by Crippen LogP contribution is 2.43. The maximum Gasteiger partial charge on any atom is 0.177 e. The summed E-state index contributed by atoms with van der Waals surface area (Å²) < 4.78 is 5.69. The van der Waals surface area contributed by atoms with Crippen LogP contribution in [-0.4, -0.2) is 10.3 Å². The van der Waals surface area contributed by atoms with Crippen LogP contribution in [0.5, 0.6) is 5.75 Å². The fraction of sp³-hybridized carbons (Fsp3) is 0.381. The highest BCUT2D eigenvalue weighted by atomic mass is 32.1. The first-order valence-corrected chi connectivity index (χ1v) is 9.59. The van der Waals surface area contributed by atoms with E-state index in [0.29, 0.717) is 11.2 Å². The number of aromatic nitrogens is 1. The number of phenolic OH excluding ortho intramolecular Hbond substituents is 1. The molecule has 4 rings (SSSR count). The molecular formula is C21H23NO2S. The molecule has 0 saturated heterocycles. The van der Waals surface area contributed by atoms with E-state index in [2.05, 4.69) is 24.4 Å². The zero-order valence-electron chi connectivity index (χ0n) is 15.1. The predicted octanol–water partition coefficient (Wildman–Crippen LogP) is 5.91. The maximum absolute atomic E-state index is 9.97. The van der Waals surface area contributed by atoms with Gasteiger partial charge in [0.2, 0.25) is 0 Å². The first-order valence-electron chi connectivity index (χ1n) is 8.71. The quantitative estimate of drug-likeness (QED) is 0.623. The standard InChI is InChI=1S/C21H23NO2S/c1-12-7-14(8-13(2)19(12)23)17-9-18(24-22-17)20-16-5-6-21(3,4)10-15(16)11-25-20/h7-9,11,23H,5-6,10H2,1-4H3. The van der Waals surface area contributed by atoms with E-state index in [1.807, 2.05) is 32.0 Å². The van der Waals surface area contributed by atoms with E-state index in [1.165, 1.54) is 22.4 Å². The Bertz CT molecular complexity index is 926. The van der Waals surface area contributed by atoms with Crippen LogP contribution in [-0.2, 0) is 12.8 Å². The minimum Gasteiger partial charge on any atom is -0.507 e. The topological polar surface area (TPSA) is 46.3 Å². The van der Waals surface area contributed by atoms with E-state index in [9.17, 15) is 5.11 Å². The van der Waals surface area contributed by atoms with Crippen LogP contribution in [0.2, 0.25) is 0 Å². The first kappa shape index (κ1) is 16.4. The average Bonchev–Trinajstić information content (AvgIpc) is 3.17. The van der Waals surface area contributed by atoms with E-state index in [-0.39, 0.29) is 0 Å². The molecule has 4 heteroatoms. The third kappa shape index (κ3) is 2.89. The van der Waals surface area contributed by atoms with Gasteiger partial charge in [0.25, 0.3) is 0 Å². The smallest absolute Gasteiger partial charge is 0.177 e. The summed E-state index contributed by atoms with van der Waals surface area (Å²) in [4.78, 5) is 1.22. The van der Waals surface area contributed by atoms with Crippen molar-refractivity contribution in [1.82, 2.24) is 5.16 Å². The molecule has 3 nitrogen and oxygen atoms in total. The van der Waals surface area contributed by atoms with Crippen molar-refractivity contribution in [2.24, 2.45) is 5.41 Å². The van der Waals surface area contributed by atoms with Crippen molar-refractivity contribution in [3.63, 3.8) is 0 Å². The van der Waals surface area contributed by atoms with Gasteiger partial charge in [0.15, 0.2) is 5.76 Å². The molecule has 0 atom stereocenters. The van der Waals surface area contributed by atoms with Gasteiger partial charge in [0, 0.05) is 11.6 Å². The number of aryl methyl sites for hydroxylation is 2. The second kappa shape index (κ2) is 5.73. The summed E-state index contributed by atoms with van der Waals surface area (Å²) in [6, 6.07) is 5.93. The highest BCUT2D eigenvalue weighted by molar-refractivity contribution is 7.13. The lowest BCUT2D eigenvalue weighted by atomic mass is 9.75. The summed E-state index contributed by atoms with van der Waals surface area (Å²) >= 11 is 1.76. The summed E-state index contributed by atoms with van der Waals surface area (Å²) in [6.45, 7) is 8.50. The molecule has 0 aliphatic heterocycles. The molecule has 0 fully saturated rings. The van der Waals surface area contributed by atoms with Crippen LogP contribution in [0.3, 0.4) is 0 Å². The molecule has 2 heterocycles. The van der Waals surface area contributed by atoms with Gasteiger partial charge in [-0.1, -0.05) is 19.0 Å². The Hall–Kier alpha value is -2.07. The molecule has 0 amide bonds. The summed E-state index contributed by atoms with van der Waals surface area (Å²) in [5.74, 6) is 1.20. The van der Waals surface area contributed by atoms with Crippen LogP contribution in [0.4, 0.5) is 0 Å². The second-order valence-electron chi connectivity index (χ2n) is 7.94. The van der Waals surface area contributed by atoms with Gasteiger partial charge in [-0.25, -0.2) is 0 Å². The van der Waals surface area contributed by atoms with Crippen LogP contribution < -0.4 is 0 Å². The summed E-state index contributed by atoms with van der Waals surface area (Å²) in [5, 5.41) is 16.5. The van der Waals surface area contributed by atoms with E-state index in [1.54, 1.807) is 11.3 Å². The fourth-order valence-corrected chi connectivity index (χ4v) is 4.81. The van der Waals surface area contributed by atoms with Crippen LogP contribution in [0.15, 0.2) is 28.1 Å². The molecule has 3 aromatic rings. The number of thiophene rings is 1. The molecule has 2 aromatic heterocycles. The number of fused-ring (bicyclic) bond motifs is 1. The minimum absolute atomic E-state index is 0.349. The molecule has 0 spiro atoms. The lowest BCUT2D eigenvalue weighted by molar-refractivity contribution is 0.316. The molecule has 0 unspecified atom stereocenters. The average molecular weight is 353 g/mol. The van der Waals surface area contributed by atoms with Crippen LogP contribution in [0, 0.1) is 19.3 Å². The number of benzene rings is 1. The van der Waals surface area contributed by atoms with Gasteiger partial charge in [-0.2, -0.15) is 0 Å². The van der Waals surface area contributed by atoms with Crippen molar-refractivity contribution in [2.45, 2.75) is 47.0 Å². The number of nitrogens with zero attached hydrogens (tertiary/aromatic N) is 1. The number of hydrogen-bond acceptors (Lipinski definition) is 4. The predicted molar refractivity (Wildman–Crippen MR) is 102 cm³/mol. The first-order chi connectivity index (χ1) is 11.8. The third-order valence-corrected chi connectivity index (χ3v) is 6.31. The van der Waals surface area contributed by atoms with E-state index < -0.39 is 0 Å². The molecule has 1 aromatic carbocycles. The molecule has 0 saturated carbocycles. The zero-order chi connectivity index (χ0) is 17.8. The van der Waals surface area contributed by atoms with Gasteiger partial charge in [-0.05, 0) is 78.3 Å². The zero-order valence-corrected chi connectivity index (χ0v) is 16.0. The van der Waals surface area contributed by atoms with E-state index in [4.69, 9.17) is 4.52 Å². The van der Waals surface area contributed by atoms with Crippen molar-refractivity contribution >= 4 is 11.3 Å². The summed E-state index contributed by atoms with van der Waals surface area (Å²) in [6.07, 6.45) is 3.45. The van der Waals surface area contributed by atoms with Crippen LogP contribution >= 0.6 is 11.3 Å². The number of hydrogen-bond donors (Lipinski definition) is 1. The van der Waals surface area contributed by atoms with Gasteiger partial charge in [-0.15, -0.1) is 11.3 Å². The Kier molecular flexibility index (Phi) is 3.76. The molecule has 1 aliphatic rings. The molecule has 25 heavy (non-hydrogen) atoms. The molecule has 0 bridgehead atoms. The van der Waals surface area contributed by atoms with Gasteiger partial charge in [0.1, 0.15) is 11.4 Å². The van der Waals surface area contributed by atoms with Crippen molar-refractivity contribution in [3.8, 4) is 27.6 Å². The Labute approximate surface area is 152 Å². The maximum atomic E-state index is 9.97. The van der Waals surface area contributed by atoms with Gasteiger partial charge >= 0.3 is 0 Å². The number of rotatable bonds is 2. The SMILES string of the molecule is Cc1cc(-c2cc(-c3scc4c3CCC(C)(C)C4)on2)cc(C)c1O. The second-order valence-corrected chi connectivity index (χ2v) is 8.82. The number of aromatic hydroxyl groups is 1. The monoisotopic (exact) mass is 353 g/mol. The van der Waals surface area contributed by atoms with Crippen molar-refractivity contribution in [3.05, 3.63) is 45.8 Å². The van der Waals surface area contributed by atoms with Crippen molar-refractivity contribution in [2.75, 3.05) is 0 Å². The van der Waals surface area contributed by atoms with Crippen molar-refractivity contribution < 1.29 is 9.63 Å². The molecule has 1 N–H and O–H groups in total. The van der Waals surface area contributed by atoms with Crippen molar-refractivity contribution in [1.29, 1.82) is 0 Å². The molecule has 0 radical (unpaired) electrons. The van der Waals surface area contributed by atoms with Gasteiger partial charge in [0.05, 0.1) is 4.88 Å². The molecule has 130 valence electrons. The van der Waals surface area contributed by atoms with Crippen LogP contribution in [0.1, 0.15) is 42.5 Å². The Morgan fingerprint density at radius 1 is 1.16 bits per heavy atom. The lowest BCUT2D eigenvalue weighted by Gasteiger charge is -2.29. The Morgan fingerprint density at radius 3 is 2.60 bits per heavy atom. The fourth-order valence-electron chi connectivity index (χ4n) is 3.74. The molecular weight excluding hydrogens is 330 g/mol. The largest absolute Gasteiger partial charge is 0.507 e. The van der Waals surface area contributed by atoms with Gasteiger partial charge in [-0.3, -0.25) is 0 Å². The summed E-state index contributed by atoms with van der Waals surface area (Å²) in [7, 11) is 0. The van der Waals surface area contributed by atoms with Crippen LogP contribution in [0.25, 0.3) is 21.9 Å². The number of phenols is 1. The Balaban J connectivity index is 1.70. The summed E-state index contributed by atoms with van der Waals surface area (Å²) in [5.41, 5.74) is 6.80. The lowest BCUT2D eigenvalue weighted by Crippen LogP contribution is -2.21. The third-order valence-electron chi connectivity index (χ3n) is 5.22. The Morgan fingerprint density at radius 2 is 1.88 bits per heavy atom. The normalized spacial score (nSPS) is 16.0.